The Bertz CT molecular complexity index is 583. The highest BCUT2D eigenvalue weighted by molar-refractivity contribution is 14.1. The fourth-order valence-electron chi connectivity index (χ4n) is 2.19. The monoisotopic (exact) mass is 399 g/mol. The largest absolute Gasteiger partial charge is 0.306 e. The molecule has 0 aliphatic carbocycles. The van der Waals surface area contributed by atoms with E-state index in [2.05, 4.69) is 77.3 Å². The molecule has 2 aromatic rings. The molecule has 0 fully saturated rings. The van der Waals surface area contributed by atoms with Crippen LogP contribution in [0.15, 0.2) is 42.5 Å². The molecule has 0 spiro atoms. The second-order valence-corrected chi connectivity index (χ2v) is 6.60. The van der Waals surface area contributed by atoms with E-state index in [0.29, 0.717) is 0 Å². The molecule has 0 amide bonds. The zero-order valence-corrected chi connectivity index (χ0v) is 14.7. The molecule has 1 atom stereocenters. The summed E-state index contributed by atoms with van der Waals surface area (Å²) in [5.74, 6) is 0. The molecule has 0 aliphatic rings. The smallest absolute Gasteiger partial charge is 0.0577 e. The van der Waals surface area contributed by atoms with E-state index in [4.69, 9.17) is 11.6 Å². The average Bonchev–Trinajstić information content (AvgIpc) is 2.43. The summed E-state index contributed by atoms with van der Waals surface area (Å²) in [4.78, 5) is 0. The van der Waals surface area contributed by atoms with Crippen LogP contribution in [0, 0.1) is 10.5 Å². The first-order chi connectivity index (χ1) is 9.61. The first-order valence-electron chi connectivity index (χ1n) is 6.86. The Labute approximate surface area is 139 Å². The van der Waals surface area contributed by atoms with Crippen LogP contribution in [-0.2, 0) is 0 Å². The van der Waals surface area contributed by atoms with Gasteiger partial charge in [-0.25, -0.2) is 0 Å². The molecule has 106 valence electrons. The van der Waals surface area contributed by atoms with E-state index in [9.17, 15) is 0 Å². The molecule has 0 heterocycles. The van der Waals surface area contributed by atoms with Crippen LogP contribution in [0.1, 0.15) is 36.1 Å². The van der Waals surface area contributed by atoms with E-state index in [1.54, 1.807) is 0 Å². The minimum Gasteiger partial charge on any atom is -0.306 e. The zero-order valence-electron chi connectivity index (χ0n) is 11.8. The van der Waals surface area contributed by atoms with Gasteiger partial charge in [-0.05, 0) is 77.4 Å². The predicted octanol–water partition coefficient (Wildman–Crippen LogP) is 5.34. The Morgan fingerprint density at radius 1 is 1.15 bits per heavy atom. The van der Waals surface area contributed by atoms with E-state index >= 15 is 0 Å². The average molecular weight is 400 g/mol. The highest BCUT2D eigenvalue weighted by Gasteiger charge is 2.14. The summed E-state index contributed by atoms with van der Waals surface area (Å²) in [5, 5.41) is 4.44. The minimum absolute atomic E-state index is 0.197. The van der Waals surface area contributed by atoms with Crippen LogP contribution in [0.3, 0.4) is 0 Å². The number of aryl methyl sites for hydroxylation is 1. The van der Waals surface area contributed by atoms with Crippen LogP contribution >= 0.6 is 34.2 Å². The molecular formula is C17H19ClIN. The van der Waals surface area contributed by atoms with Gasteiger partial charge in [-0.2, -0.15) is 0 Å². The van der Waals surface area contributed by atoms with Crippen LogP contribution in [0.4, 0.5) is 0 Å². The summed E-state index contributed by atoms with van der Waals surface area (Å²) in [7, 11) is 0. The third kappa shape index (κ3) is 3.96. The molecule has 0 radical (unpaired) electrons. The van der Waals surface area contributed by atoms with Crippen molar-refractivity contribution >= 4 is 34.2 Å². The van der Waals surface area contributed by atoms with Gasteiger partial charge in [0.25, 0.3) is 0 Å². The van der Waals surface area contributed by atoms with Crippen molar-refractivity contribution in [1.82, 2.24) is 5.32 Å². The van der Waals surface area contributed by atoms with Crippen molar-refractivity contribution in [3.8, 4) is 0 Å². The van der Waals surface area contributed by atoms with Crippen molar-refractivity contribution in [1.29, 1.82) is 0 Å². The van der Waals surface area contributed by atoms with Crippen molar-refractivity contribution < 1.29 is 0 Å². The molecule has 0 bridgehead atoms. The first kappa shape index (κ1) is 15.8. The Morgan fingerprint density at radius 2 is 1.90 bits per heavy atom. The molecule has 1 nitrogen and oxygen atoms in total. The maximum atomic E-state index is 6.28. The molecule has 0 saturated heterocycles. The van der Waals surface area contributed by atoms with Gasteiger partial charge in [-0.1, -0.05) is 42.8 Å². The molecule has 2 rings (SSSR count). The van der Waals surface area contributed by atoms with Gasteiger partial charge in [0.05, 0.1) is 6.04 Å². The van der Waals surface area contributed by atoms with Gasteiger partial charge in [0, 0.05) is 8.59 Å². The SMILES string of the molecule is CCCNC(c1cccc(I)c1)c1ccc(C)c(Cl)c1. The maximum Gasteiger partial charge on any atom is 0.0577 e. The fourth-order valence-corrected chi connectivity index (χ4v) is 2.95. The van der Waals surface area contributed by atoms with Crippen LogP contribution in [0.5, 0.6) is 0 Å². The van der Waals surface area contributed by atoms with Crippen molar-refractivity contribution in [3.05, 3.63) is 67.7 Å². The second-order valence-electron chi connectivity index (χ2n) is 4.95. The van der Waals surface area contributed by atoms with Crippen LogP contribution in [0.2, 0.25) is 5.02 Å². The number of rotatable bonds is 5. The van der Waals surface area contributed by atoms with E-state index in [-0.39, 0.29) is 6.04 Å². The topological polar surface area (TPSA) is 12.0 Å². The van der Waals surface area contributed by atoms with Gasteiger partial charge >= 0.3 is 0 Å². The van der Waals surface area contributed by atoms with Crippen molar-refractivity contribution in [2.24, 2.45) is 0 Å². The molecule has 2 aromatic carbocycles. The highest BCUT2D eigenvalue weighted by atomic mass is 127. The molecule has 3 heteroatoms. The molecule has 1 N–H and O–H groups in total. The third-order valence-electron chi connectivity index (χ3n) is 3.31. The molecule has 20 heavy (non-hydrogen) atoms. The van der Waals surface area contributed by atoms with E-state index in [1.807, 2.05) is 6.92 Å². The fraction of sp³-hybridized carbons (Fsp3) is 0.294. The Hall–Kier alpha value is -0.580. The number of hydrogen-bond acceptors (Lipinski definition) is 1. The van der Waals surface area contributed by atoms with Gasteiger partial charge in [0.15, 0.2) is 0 Å². The summed E-state index contributed by atoms with van der Waals surface area (Å²) < 4.78 is 1.25. The molecule has 0 aliphatic heterocycles. The molecule has 0 saturated carbocycles. The van der Waals surface area contributed by atoms with E-state index < -0.39 is 0 Å². The Balaban J connectivity index is 2.38. The maximum absolute atomic E-state index is 6.28. The van der Waals surface area contributed by atoms with Gasteiger partial charge < -0.3 is 5.32 Å². The second kappa shape index (κ2) is 7.43. The van der Waals surface area contributed by atoms with Crippen LogP contribution in [-0.4, -0.2) is 6.54 Å². The lowest BCUT2D eigenvalue weighted by atomic mass is 9.97. The summed E-state index contributed by atoms with van der Waals surface area (Å²) in [6.45, 7) is 5.20. The number of hydrogen-bond donors (Lipinski definition) is 1. The summed E-state index contributed by atoms with van der Waals surface area (Å²) in [6, 6.07) is 15.1. The summed E-state index contributed by atoms with van der Waals surface area (Å²) in [5.41, 5.74) is 3.62. The summed E-state index contributed by atoms with van der Waals surface area (Å²) in [6.07, 6.45) is 1.11. The third-order valence-corrected chi connectivity index (χ3v) is 4.39. The molecular weight excluding hydrogens is 381 g/mol. The lowest BCUT2D eigenvalue weighted by Gasteiger charge is -2.20. The van der Waals surface area contributed by atoms with Gasteiger partial charge in [-0.3, -0.25) is 0 Å². The Kier molecular flexibility index (Phi) is 5.87. The van der Waals surface area contributed by atoms with Gasteiger partial charge in [-0.15, -0.1) is 0 Å². The van der Waals surface area contributed by atoms with Crippen molar-refractivity contribution in [3.63, 3.8) is 0 Å². The zero-order chi connectivity index (χ0) is 14.5. The predicted molar refractivity (Wildman–Crippen MR) is 95.5 cm³/mol. The lowest BCUT2D eigenvalue weighted by molar-refractivity contribution is 0.598. The number of halogens is 2. The number of nitrogens with one attached hydrogen (secondary N) is 1. The van der Waals surface area contributed by atoms with Crippen LogP contribution < -0.4 is 5.32 Å². The minimum atomic E-state index is 0.197. The normalized spacial score (nSPS) is 12.4. The standard InChI is InChI=1S/C17H19ClIN/c1-3-9-20-17(13-5-4-6-15(19)10-13)14-8-7-12(2)16(18)11-14/h4-8,10-11,17,20H,3,9H2,1-2H3. The van der Waals surface area contributed by atoms with Gasteiger partial charge in [0.2, 0.25) is 0 Å². The Morgan fingerprint density at radius 3 is 2.55 bits per heavy atom. The van der Waals surface area contributed by atoms with Gasteiger partial charge in [0.1, 0.15) is 0 Å². The van der Waals surface area contributed by atoms with Crippen molar-refractivity contribution in [2.75, 3.05) is 6.54 Å². The molecule has 0 aromatic heterocycles. The van der Waals surface area contributed by atoms with E-state index in [1.165, 1.54) is 14.7 Å². The number of benzene rings is 2. The molecule has 1 unspecified atom stereocenters. The highest BCUT2D eigenvalue weighted by Crippen LogP contribution is 2.27. The van der Waals surface area contributed by atoms with E-state index in [0.717, 1.165) is 23.6 Å². The first-order valence-corrected chi connectivity index (χ1v) is 8.32. The summed E-state index contributed by atoms with van der Waals surface area (Å²) >= 11 is 8.64. The van der Waals surface area contributed by atoms with Crippen molar-refractivity contribution in [2.45, 2.75) is 26.3 Å². The van der Waals surface area contributed by atoms with Crippen LogP contribution in [0.25, 0.3) is 0 Å². The lowest BCUT2D eigenvalue weighted by Crippen LogP contribution is -2.23. The quantitative estimate of drug-likeness (QED) is 0.669.